The summed E-state index contributed by atoms with van der Waals surface area (Å²) in [6.07, 6.45) is 0. The van der Waals surface area contributed by atoms with Crippen LogP contribution in [0.5, 0.6) is 5.75 Å². The summed E-state index contributed by atoms with van der Waals surface area (Å²) in [7, 11) is 1.62. The van der Waals surface area contributed by atoms with E-state index >= 15 is 0 Å². The largest absolute Gasteiger partial charge is 0.497 e. The highest BCUT2D eigenvalue weighted by atomic mass is 16.5. The smallest absolute Gasteiger partial charge is 0.253 e. The van der Waals surface area contributed by atoms with Gasteiger partial charge in [0.2, 0.25) is 0 Å². The van der Waals surface area contributed by atoms with Crippen molar-refractivity contribution >= 4 is 10.9 Å². The third-order valence-corrected chi connectivity index (χ3v) is 7.38. The number of methoxy groups -OCH3 is 1. The van der Waals surface area contributed by atoms with Gasteiger partial charge in [-0.25, -0.2) is 4.68 Å². The Morgan fingerprint density at radius 2 is 1.56 bits per heavy atom. The Hall–Kier alpha value is -4.34. The summed E-state index contributed by atoms with van der Waals surface area (Å²) in [6.45, 7) is 4.77. The molecular weight excluding hydrogens is 490 g/mol. The first-order chi connectivity index (χ1) is 19.2. The highest BCUT2D eigenvalue weighted by Crippen LogP contribution is 2.29. The second kappa shape index (κ2) is 11.2. The van der Waals surface area contributed by atoms with E-state index in [9.17, 15) is 4.79 Å². The molecule has 0 radical (unpaired) electrons. The quantitative estimate of drug-likeness (QED) is 0.334. The molecule has 0 unspecified atom stereocenters. The number of fused-ring (bicyclic) bond motifs is 1. The number of aromatic amines is 1. The van der Waals surface area contributed by atoms with Crippen molar-refractivity contribution in [3.63, 3.8) is 0 Å². The molecule has 1 atom stereocenters. The van der Waals surface area contributed by atoms with E-state index in [1.807, 2.05) is 53.2 Å². The maximum absolute atomic E-state index is 13.6. The zero-order valence-corrected chi connectivity index (χ0v) is 21.9. The molecule has 9 heteroatoms. The molecule has 5 aromatic rings. The van der Waals surface area contributed by atoms with Gasteiger partial charge < -0.3 is 9.72 Å². The van der Waals surface area contributed by atoms with Gasteiger partial charge in [-0.15, -0.1) is 5.10 Å². The van der Waals surface area contributed by atoms with Crippen LogP contribution in [-0.4, -0.2) is 68.3 Å². The molecule has 1 fully saturated rings. The Bertz CT molecular complexity index is 1590. The number of nitrogens with one attached hydrogen (secondary N) is 1. The SMILES string of the molecule is COc1ccc2cc([C@@H](c3nnnn3Cc3ccccc3)N3CCN(Cc4ccccc4)CC3)c(=O)[nH]c2c1. The highest BCUT2D eigenvalue weighted by molar-refractivity contribution is 5.80. The normalized spacial score (nSPS) is 15.4. The summed E-state index contributed by atoms with van der Waals surface area (Å²) in [6, 6.07) is 27.9. The molecule has 1 saturated heterocycles. The molecule has 1 N–H and O–H groups in total. The van der Waals surface area contributed by atoms with E-state index in [2.05, 4.69) is 66.7 Å². The van der Waals surface area contributed by atoms with Gasteiger partial charge in [-0.05, 0) is 45.1 Å². The molecule has 0 amide bonds. The molecule has 39 heavy (non-hydrogen) atoms. The average Bonchev–Trinajstić information content (AvgIpc) is 3.42. The van der Waals surface area contributed by atoms with E-state index < -0.39 is 6.04 Å². The van der Waals surface area contributed by atoms with Crippen molar-refractivity contribution in [3.8, 4) is 5.75 Å². The Morgan fingerprint density at radius 1 is 0.872 bits per heavy atom. The van der Waals surface area contributed by atoms with Gasteiger partial charge in [0.1, 0.15) is 11.8 Å². The van der Waals surface area contributed by atoms with Crippen LogP contribution in [0.2, 0.25) is 0 Å². The van der Waals surface area contributed by atoms with E-state index in [-0.39, 0.29) is 5.56 Å². The van der Waals surface area contributed by atoms with Gasteiger partial charge in [-0.1, -0.05) is 60.7 Å². The van der Waals surface area contributed by atoms with Crippen LogP contribution < -0.4 is 10.3 Å². The maximum atomic E-state index is 13.6. The number of benzene rings is 3. The van der Waals surface area contributed by atoms with Gasteiger partial charge >= 0.3 is 0 Å². The van der Waals surface area contributed by atoms with Crippen molar-refractivity contribution in [2.75, 3.05) is 33.3 Å². The number of pyridine rings is 1. The predicted molar refractivity (Wildman–Crippen MR) is 150 cm³/mol. The van der Waals surface area contributed by atoms with Crippen LogP contribution >= 0.6 is 0 Å². The zero-order chi connectivity index (χ0) is 26.6. The number of hydrogen-bond acceptors (Lipinski definition) is 7. The summed E-state index contributed by atoms with van der Waals surface area (Å²) in [5.41, 5.74) is 3.61. The minimum Gasteiger partial charge on any atom is -0.497 e. The number of nitrogens with zero attached hydrogens (tertiary/aromatic N) is 6. The van der Waals surface area contributed by atoms with Crippen molar-refractivity contribution in [3.05, 3.63) is 118 Å². The van der Waals surface area contributed by atoms with E-state index in [0.29, 0.717) is 23.7 Å². The Balaban J connectivity index is 1.35. The highest BCUT2D eigenvalue weighted by Gasteiger charge is 2.32. The first-order valence-corrected chi connectivity index (χ1v) is 13.2. The van der Waals surface area contributed by atoms with Crippen LogP contribution in [0.4, 0.5) is 0 Å². The van der Waals surface area contributed by atoms with Crippen LogP contribution in [0.25, 0.3) is 10.9 Å². The van der Waals surface area contributed by atoms with Crippen molar-refractivity contribution in [2.24, 2.45) is 0 Å². The molecule has 0 aliphatic carbocycles. The number of ether oxygens (including phenoxy) is 1. The van der Waals surface area contributed by atoms with Gasteiger partial charge in [0.15, 0.2) is 5.82 Å². The molecule has 3 aromatic carbocycles. The topological polar surface area (TPSA) is 92.2 Å². The van der Waals surface area contributed by atoms with Crippen LogP contribution in [0.1, 0.15) is 28.6 Å². The molecular formula is C30H31N7O2. The third-order valence-electron chi connectivity index (χ3n) is 7.38. The van der Waals surface area contributed by atoms with E-state index in [0.717, 1.165) is 49.2 Å². The fourth-order valence-corrected chi connectivity index (χ4v) is 5.32. The lowest BCUT2D eigenvalue weighted by Gasteiger charge is -2.38. The Morgan fingerprint density at radius 3 is 2.26 bits per heavy atom. The fourth-order valence-electron chi connectivity index (χ4n) is 5.32. The van der Waals surface area contributed by atoms with Gasteiger partial charge in [-0.3, -0.25) is 14.6 Å². The number of tetrazole rings is 1. The molecule has 0 spiro atoms. The van der Waals surface area contributed by atoms with Gasteiger partial charge in [-0.2, -0.15) is 0 Å². The lowest BCUT2D eigenvalue weighted by atomic mass is 10.0. The second-order valence-corrected chi connectivity index (χ2v) is 9.89. The second-order valence-electron chi connectivity index (χ2n) is 9.89. The number of rotatable bonds is 8. The predicted octanol–water partition coefficient (Wildman–Crippen LogP) is 3.48. The standard InChI is InChI=1S/C30H31N7O2/c1-39-25-13-12-24-18-26(30(38)31-27(24)19-25)28(29-32-33-34-37(29)21-23-10-6-3-7-11-23)36-16-14-35(15-17-36)20-22-8-4-2-5-9-22/h2-13,18-19,28H,14-17,20-21H2,1H3,(H,31,38)/t28-/m0/s1. The molecule has 6 rings (SSSR count). The van der Waals surface area contributed by atoms with Gasteiger partial charge in [0, 0.05) is 44.4 Å². The lowest BCUT2D eigenvalue weighted by Crippen LogP contribution is -2.48. The Kier molecular flexibility index (Phi) is 7.16. The molecule has 1 aliphatic heterocycles. The van der Waals surface area contributed by atoms with Crippen LogP contribution in [0, 0.1) is 0 Å². The molecule has 0 saturated carbocycles. The first kappa shape index (κ1) is 25.0. The lowest BCUT2D eigenvalue weighted by molar-refractivity contribution is 0.0998. The van der Waals surface area contributed by atoms with E-state index in [1.165, 1.54) is 5.56 Å². The summed E-state index contributed by atoms with van der Waals surface area (Å²) < 4.78 is 7.17. The van der Waals surface area contributed by atoms with Crippen molar-refractivity contribution in [1.82, 2.24) is 35.0 Å². The van der Waals surface area contributed by atoms with Crippen molar-refractivity contribution < 1.29 is 4.74 Å². The van der Waals surface area contributed by atoms with E-state index in [1.54, 1.807) is 7.11 Å². The number of aromatic nitrogens is 5. The van der Waals surface area contributed by atoms with Gasteiger partial charge in [0.25, 0.3) is 5.56 Å². The molecule has 0 bridgehead atoms. The zero-order valence-electron chi connectivity index (χ0n) is 21.9. The molecule has 198 valence electrons. The minimum absolute atomic E-state index is 0.151. The summed E-state index contributed by atoms with van der Waals surface area (Å²) >= 11 is 0. The monoisotopic (exact) mass is 521 g/mol. The summed E-state index contributed by atoms with van der Waals surface area (Å²) in [5.74, 6) is 1.36. The van der Waals surface area contributed by atoms with Crippen molar-refractivity contribution in [2.45, 2.75) is 19.1 Å². The summed E-state index contributed by atoms with van der Waals surface area (Å²) in [5, 5.41) is 13.8. The van der Waals surface area contributed by atoms with Gasteiger partial charge in [0.05, 0.1) is 19.2 Å². The Labute approximate surface area is 226 Å². The molecule has 2 aromatic heterocycles. The fraction of sp³-hybridized carbons (Fsp3) is 0.267. The number of piperazine rings is 1. The summed E-state index contributed by atoms with van der Waals surface area (Å²) in [4.78, 5) is 21.4. The molecule has 1 aliphatic rings. The number of H-pyrrole nitrogens is 1. The van der Waals surface area contributed by atoms with Crippen LogP contribution in [-0.2, 0) is 13.1 Å². The molecule has 9 nitrogen and oxygen atoms in total. The first-order valence-electron chi connectivity index (χ1n) is 13.2. The minimum atomic E-state index is -0.391. The van der Waals surface area contributed by atoms with Crippen molar-refractivity contribution in [1.29, 1.82) is 0 Å². The third kappa shape index (κ3) is 5.45. The number of hydrogen-bond donors (Lipinski definition) is 1. The maximum Gasteiger partial charge on any atom is 0.253 e. The van der Waals surface area contributed by atoms with E-state index in [4.69, 9.17) is 4.74 Å². The van der Waals surface area contributed by atoms with Crippen LogP contribution in [0.15, 0.2) is 89.7 Å². The van der Waals surface area contributed by atoms with Crippen LogP contribution in [0.3, 0.4) is 0 Å². The molecule has 3 heterocycles. The average molecular weight is 522 g/mol.